The summed E-state index contributed by atoms with van der Waals surface area (Å²) >= 11 is 0. The van der Waals surface area contributed by atoms with Crippen LogP contribution in [0.25, 0.3) is 0 Å². The topological polar surface area (TPSA) is 72.9 Å². The molecule has 3 N–H and O–H groups in total. The van der Waals surface area contributed by atoms with Crippen LogP contribution in [0.5, 0.6) is 0 Å². The number of amides is 1. The minimum absolute atomic E-state index is 0.158. The number of nitrogen functional groups attached to an aromatic ring is 1. The van der Waals surface area contributed by atoms with E-state index in [0.29, 0.717) is 0 Å². The first kappa shape index (κ1) is 13.3. The Morgan fingerprint density at radius 1 is 1.65 bits per heavy atom. The summed E-state index contributed by atoms with van der Waals surface area (Å²) in [7, 11) is 1.51. The second kappa shape index (κ2) is 4.60. The first-order chi connectivity index (χ1) is 7.76. The Bertz CT molecular complexity index is 418. The van der Waals surface area contributed by atoms with E-state index in [0.717, 1.165) is 0 Å². The average Bonchev–Trinajstić information content (AvgIpc) is 2.56. The molecule has 0 radical (unpaired) electrons. The lowest BCUT2D eigenvalue weighted by atomic mass is 10.3. The Labute approximate surface area is 93.6 Å². The van der Waals surface area contributed by atoms with Crippen LogP contribution >= 0.6 is 0 Å². The number of anilines is 1. The number of aryl methyl sites for hydroxylation is 1. The fourth-order valence-electron chi connectivity index (χ4n) is 1.02. The molecule has 0 bridgehead atoms. The van der Waals surface area contributed by atoms with Crippen molar-refractivity contribution in [3.05, 3.63) is 11.8 Å². The molecule has 9 heteroatoms. The fraction of sp³-hybridized carbons (Fsp3) is 0.500. The van der Waals surface area contributed by atoms with Gasteiger partial charge in [-0.2, -0.15) is 13.9 Å². The molecule has 1 heterocycles. The predicted octanol–water partition coefficient (Wildman–Crippen LogP) is 0.519. The van der Waals surface area contributed by atoms with Crippen molar-refractivity contribution in [1.29, 1.82) is 0 Å². The number of hydrogen-bond acceptors (Lipinski definition) is 3. The SMILES string of the molecule is Cn1ncc(CNC(=O)C(F)(F)C(F)F)c1N. The van der Waals surface area contributed by atoms with Gasteiger partial charge in [0, 0.05) is 19.2 Å². The number of nitrogens with zero attached hydrogens (tertiary/aromatic N) is 2. The van der Waals surface area contributed by atoms with Crippen LogP contribution in [0.3, 0.4) is 0 Å². The van der Waals surface area contributed by atoms with Crippen LogP contribution in [0.2, 0.25) is 0 Å². The minimum Gasteiger partial charge on any atom is -0.384 e. The van der Waals surface area contributed by atoms with E-state index in [1.807, 2.05) is 0 Å². The van der Waals surface area contributed by atoms with Crippen molar-refractivity contribution < 1.29 is 22.4 Å². The molecule has 17 heavy (non-hydrogen) atoms. The Balaban J connectivity index is 2.63. The van der Waals surface area contributed by atoms with Gasteiger partial charge in [0.1, 0.15) is 5.82 Å². The van der Waals surface area contributed by atoms with Crippen molar-refractivity contribution >= 4 is 11.7 Å². The maximum absolute atomic E-state index is 12.5. The summed E-state index contributed by atoms with van der Waals surface area (Å²) in [5.74, 6) is -6.60. The van der Waals surface area contributed by atoms with Crippen LogP contribution in [-0.2, 0) is 18.4 Å². The zero-order chi connectivity index (χ0) is 13.2. The highest BCUT2D eigenvalue weighted by Gasteiger charge is 2.48. The molecule has 0 unspecified atom stereocenters. The van der Waals surface area contributed by atoms with Gasteiger partial charge in [-0.05, 0) is 0 Å². The second-order valence-corrected chi connectivity index (χ2v) is 3.28. The molecule has 0 spiro atoms. The molecule has 1 amide bonds. The molecule has 0 aliphatic heterocycles. The third-order valence-electron chi connectivity index (χ3n) is 2.08. The Hall–Kier alpha value is -1.80. The standard InChI is InChI=1S/C8H10F4N4O/c1-16-5(13)4(3-15-16)2-14-7(17)8(11,12)6(9)10/h3,6H,2,13H2,1H3,(H,14,17). The van der Waals surface area contributed by atoms with Crippen molar-refractivity contribution in [1.82, 2.24) is 15.1 Å². The van der Waals surface area contributed by atoms with E-state index in [2.05, 4.69) is 5.10 Å². The van der Waals surface area contributed by atoms with Gasteiger partial charge in [-0.15, -0.1) is 0 Å². The highest BCUT2D eigenvalue weighted by atomic mass is 19.3. The summed E-state index contributed by atoms with van der Waals surface area (Å²) in [5.41, 5.74) is 5.74. The van der Waals surface area contributed by atoms with Crippen LogP contribution in [0.15, 0.2) is 6.20 Å². The van der Waals surface area contributed by atoms with Crippen LogP contribution in [0.4, 0.5) is 23.4 Å². The van der Waals surface area contributed by atoms with E-state index in [9.17, 15) is 22.4 Å². The number of alkyl halides is 4. The zero-order valence-electron chi connectivity index (χ0n) is 8.75. The van der Waals surface area contributed by atoms with Crippen LogP contribution in [-0.4, -0.2) is 28.0 Å². The van der Waals surface area contributed by atoms with Gasteiger partial charge in [-0.3, -0.25) is 9.48 Å². The maximum atomic E-state index is 12.5. The minimum atomic E-state index is -4.71. The van der Waals surface area contributed by atoms with Gasteiger partial charge in [0.2, 0.25) is 0 Å². The van der Waals surface area contributed by atoms with E-state index < -0.39 is 18.3 Å². The second-order valence-electron chi connectivity index (χ2n) is 3.28. The van der Waals surface area contributed by atoms with Crippen LogP contribution in [0.1, 0.15) is 5.56 Å². The number of carbonyl (C=O) groups excluding carboxylic acids is 1. The maximum Gasteiger partial charge on any atom is 0.383 e. The van der Waals surface area contributed by atoms with Crippen molar-refractivity contribution in [2.45, 2.75) is 18.9 Å². The summed E-state index contributed by atoms with van der Waals surface area (Å²) in [5, 5.41) is 5.37. The normalized spacial score (nSPS) is 11.9. The first-order valence-electron chi connectivity index (χ1n) is 4.47. The predicted molar refractivity (Wildman–Crippen MR) is 50.4 cm³/mol. The van der Waals surface area contributed by atoms with Gasteiger partial charge in [0.15, 0.2) is 0 Å². The molecule has 0 saturated heterocycles. The number of rotatable bonds is 4. The summed E-state index contributed by atoms with van der Waals surface area (Å²) in [6.45, 7) is -0.388. The Morgan fingerprint density at radius 2 is 2.24 bits per heavy atom. The van der Waals surface area contributed by atoms with Crippen molar-refractivity contribution in [2.75, 3.05) is 5.73 Å². The summed E-state index contributed by atoms with van der Waals surface area (Å²) in [4.78, 5) is 10.8. The van der Waals surface area contributed by atoms with Gasteiger partial charge in [-0.1, -0.05) is 0 Å². The lowest BCUT2D eigenvalue weighted by Crippen LogP contribution is -2.44. The highest BCUT2D eigenvalue weighted by Crippen LogP contribution is 2.23. The summed E-state index contributed by atoms with van der Waals surface area (Å²) in [6.07, 6.45) is -2.80. The summed E-state index contributed by atoms with van der Waals surface area (Å²) < 4.78 is 50.0. The van der Waals surface area contributed by atoms with Gasteiger partial charge in [-0.25, -0.2) is 8.78 Å². The number of hydrogen-bond donors (Lipinski definition) is 2. The molecule has 0 aromatic carbocycles. The van der Waals surface area contributed by atoms with E-state index in [1.165, 1.54) is 17.9 Å². The van der Waals surface area contributed by atoms with E-state index in [1.54, 1.807) is 5.32 Å². The lowest BCUT2D eigenvalue weighted by Gasteiger charge is -2.14. The van der Waals surface area contributed by atoms with Crippen molar-refractivity contribution in [2.24, 2.45) is 7.05 Å². The number of aromatic nitrogens is 2. The van der Waals surface area contributed by atoms with Crippen molar-refractivity contribution in [3.8, 4) is 0 Å². The largest absolute Gasteiger partial charge is 0.384 e. The zero-order valence-corrected chi connectivity index (χ0v) is 8.75. The number of nitrogens with two attached hydrogens (primary N) is 1. The van der Waals surface area contributed by atoms with E-state index >= 15 is 0 Å². The van der Waals surface area contributed by atoms with E-state index in [-0.39, 0.29) is 17.9 Å². The van der Waals surface area contributed by atoms with Crippen LogP contribution in [0, 0.1) is 0 Å². The third-order valence-corrected chi connectivity index (χ3v) is 2.08. The molecule has 96 valence electrons. The van der Waals surface area contributed by atoms with Crippen molar-refractivity contribution in [3.63, 3.8) is 0 Å². The summed E-state index contributed by atoms with van der Waals surface area (Å²) in [6, 6.07) is 0. The highest BCUT2D eigenvalue weighted by molar-refractivity contribution is 5.83. The monoisotopic (exact) mass is 254 g/mol. The number of carbonyl (C=O) groups is 1. The molecule has 1 aromatic heterocycles. The molecular weight excluding hydrogens is 244 g/mol. The quantitative estimate of drug-likeness (QED) is 0.769. The van der Waals surface area contributed by atoms with Gasteiger partial charge in [0.05, 0.1) is 6.20 Å². The molecule has 0 aliphatic carbocycles. The number of nitrogens with one attached hydrogen (secondary N) is 1. The molecule has 0 aliphatic rings. The smallest absolute Gasteiger partial charge is 0.383 e. The van der Waals surface area contributed by atoms with Gasteiger partial charge in [0.25, 0.3) is 5.91 Å². The molecule has 0 fully saturated rings. The van der Waals surface area contributed by atoms with E-state index in [4.69, 9.17) is 5.73 Å². The molecular formula is C8H10F4N4O. The molecule has 5 nitrogen and oxygen atoms in total. The first-order valence-corrected chi connectivity index (χ1v) is 4.47. The van der Waals surface area contributed by atoms with Gasteiger partial charge >= 0.3 is 12.3 Å². The number of halogens is 4. The molecule has 0 saturated carbocycles. The fourth-order valence-corrected chi connectivity index (χ4v) is 1.02. The molecule has 1 aromatic rings. The van der Waals surface area contributed by atoms with Gasteiger partial charge < -0.3 is 11.1 Å². The Morgan fingerprint density at radius 3 is 2.65 bits per heavy atom. The third kappa shape index (κ3) is 2.66. The lowest BCUT2D eigenvalue weighted by molar-refractivity contribution is -0.169. The Kier molecular flexibility index (Phi) is 3.59. The van der Waals surface area contributed by atoms with Crippen LogP contribution < -0.4 is 11.1 Å². The average molecular weight is 254 g/mol. The molecule has 0 atom stereocenters. The molecule has 1 rings (SSSR count).